The van der Waals surface area contributed by atoms with Crippen LogP contribution >= 0.6 is 11.6 Å². The van der Waals surface area contributed by atoms with Crippen LogP contribution in [0.2, 0.25) is 5.15 Å². The highest BCUT2D eigenvalue weighted by atomic mass is 35.5. The third-order valence-corrected chi connectivity index (χ3v) is 7.16. The van der Waals surface area contributed by atoms with Crippen LogP contribution in [0.1, 0.15) is 30.3 Å². The monoisotopic (exact) mass is 534 g/mol. The molecule has 1 fully saturated rings. The van der Waals surface area contributed by atoms with Crippen molar-refractivity contribution in [3.05, 3.63) is 35.4 Å². The van der Waals surface area contributed by atoms with E-state index in [0.717, 1.165) is 10.7 Å². The summed E-state index contributed by atoms with van der Waals surface area (Å²) in [6, 6.07) is 2.77. The highest BCUT2D eigenvalue weighted by Gasteiger charge is 2.36. The molecule has 1 saturated heterocycles. The molecule has 0 radical (unpaired) electrons. The Hall–Kier alpha value is -3.20. The second-order valence-corrected chi connectivity index (χ2v) is 10.7. The van der Waals surface area contributed by atoms with Gasteiger partial charge >= 0.3 is 6.18 Å². The van der Waals surface area contributed by atoms with Gasteiger partial charge in [-0.2, -0.15) is 17.7 Å². The van der Waals surface area contributed by atoms with E-state index in [-0.39, 0.29) is 52.6 Å². The van der Waals surface area contributed by atoms with Gasteiger partial charge in [-0.15, -0.1) is 5.10 Å². The summed E-state index contributed by atoms with van der Waals surface area (Å²) in [5.41, 5.74) is -0.696. The maximum absolute atomic E-state index is 12.8. The lowest BCUT2D eigenvalue weighted by atomic mass is 9.95. The Bertz CT molecular complexity index is 1370. The summed E-state index contributed by atoms with van der Waals surface area (Å²) in [6.45, 7) is 0.151. The molecule has 16 heteroatoms. The number of nitrogens with zero attached hydrogens (tertiary/aromatic N) is 5. The minimum Gasteiger partial charge on any atom is -0.464 e. The third-order valence-electron chi connectivity index (χ3n) is 5.17. The number of sulfone groups is 1. The SMILES string of the molecule is CC1(NC(=O)c2nc3ccc(Oc4nccnc4OCC(F)(F)F)nn3c2Cl)CCS(=O)(=O)CC1. The molecule has 1 amide bonds. The minimum absolute atomic E-state index is 0.0397. The number of carbonyl (C=O) groups is 1. The number of rotatable bonds is 6. The van der Waals surface area contributed by atoms with E-state index >= 15 is 0 Å². The van der Waals surface area contributed by atoms with E-state index in [1.165, 1.54) is 18.3 Å². The molecule has 0 bridgehead atoms. The van der Waals surface area contributed by atoms with Crippen LogP contribution in [0.5, 0.6) is 17.6 Å². The topological polar surface area (TPSA) is 138 Å². The van der Waals surface area contributed by atoms with Crippen molar-refractivity contribution in [1.29, 1.82) is 0 Å². The van der Waals surface area contributed by atoms with Crippen LogP contribution in [0.4, 0.5) is 13.2 Å². The summed E-state index contributed by atoms with van der Waals surface area (Å²) in [4.78, 5) is 24.5. The van der Waals surface area contributed by atoms with Gasteiger partial charge in [0.2, 0.25) is 5.88 Å². The predicted octanol–water partition coefficient (Wildman–Crippen LogP) is 2.60. The maximum Gasteiger partial charge on any atom is 0.422 e. The van der Waals surface area contributed by atoms with Gasteiger partial charge in [0.25, 0.3) is 17.7 Å². The summed E-state index contributed by atoms with van der Waals surface area (Å²) in [5, 5.41) is 6.74. The van der Waals surface area contributed by atoms with E-state index in [4.69, 9.17) is 16.3 Å². The Balaban J connectivity index is 1.54. The van der Waals surface area contributed by atoms with Gasteiger partial charge in [0.05, 0.1) is 11.5 Å². The lowest BCUT2D eigenvalue weighted by Crippen LogP contribution is -2.51. The zero-order valence-electron chi connectivity index (χ0n) is 18.0. The largest absolute Gasteiger partial charge is 0.464 e. The fourth-order valence-corrected chi connectivity index (χ4v) is 5.25. The molecule has 3 aromatic rings. The van der Waals surface area contributed by atoms with E-state index in [0.29, 0.717) is 0 Å². The molecular formula is C19H18ClF3N6O5S. The number of amides is 1. The predicted molar refractivity (Wildman–Crippen MR) is 115 cm³/mol. The van der Waals surface area contributed by atoms with Crippen molar-refractivity contribution in [3.63, 3.8) is 0 Å². The third kappa shape index (κ3) is 5.90. The van der Waals surface area contributed by atoms with Crippen molar-refractivity contribution in [1.82, 2.24) is 29.9 Å². The zero-order chi connectivity index (χ0) is 25.4. The summed E-state index contributed by atoms with van der Waals surface area (Å²) in [7, 11) is -3.12. The van der Waals surface area contributed by atoms with Gasteiger partial charge in [-0.3, -0.25) is 4.79 Å². The number of alkyl halides is 3. The van der Waals surface area contributed by atoms with Crippen LogP contribution in [-0.4, -0.2) is 68.7 Å². The fourth-order valence-electron chi connectivity index (χ4n) is 3.27. The first-order valence-electron chi connectivity index (χ1n) is 10.1. The highest BCUT2D eigenvalue weighted by Crippen LogP contribution is 2.29. The van der Waals surface area contributed by atoms with Gasteiger partial charge < -0.3 is 14.8 Å². The molecule has 0 saturated carbocycles. The molecular weight excluding hydrogens is 517 g/mol. The van der Waals surface area contributed by atoms with Gasteiger partial charge in [0, 0.05) is 24.0 Å². The van der Waals surface area contributed by atoms with Gasteiger partial charge in [-0.05, 0) is 25.8 Å². The van der Waals surface area contributed by atoms with Gasteiger partial charge in [-0.25, -0.2) is 23.4 Å². The van der Waals surface area contributed by atoms with Crippen molar-refractivity contribution in [3.8, 4) is 17.6 Å². The number of imidazole rings is 1. The molecule has 35 heavy (non-hydrogen) atoms. The van der Waals surface area contributed by atoms with E-state index in [9.17, 15) is 26.4 Å². The summed E-state index contributed by atoms with van der Waals surface area (Å²) in [5.74, 6) is -1.68. The Morgan fingerprint density at radius 3 is 2.51 bits per heavy atom. The first-order valence-corrected chi connectivity index (χ1v) is 12.3. The quantitative estimate of drug-likeness (QED) is 0.505. The molecule has 0 spiro atoms. The van der Waals surface area contributed by atoms with E-state index in [1.54, 1.807) is 6.92 Å². The van der Waals surface area contributed by atoms with E-state index in [2.05, 4.69) is 30.1 Å². The van der Waals surface area contributed by atoms with Crippen LogP contribution in [0.15, 0.2) is 24.5 Å². The van der Waals surface area contributed by atoms with Gasteiger partial charge in [0.1, 0.15) is 9.84 Å². The normalized spacial score (nSPS) is 17.2. The lowest BCUT2D eigenvalue weighted by molar-refractivity contribution is -0.154. The Labute approximate surface area is 201 Å². The minimum atomic E-state index is -4.59. The number of aromatic nitrogens is 5. The second-order valence-electron chi connectivity index (χ2n) is 8.03. The highest BCUT2D eigenvalue weighted by molar-refractivity contribution is 7.91. The number of ether oxygens (including phenoxy) is 2. The Morgan fingerprint density at radius 2 is 1.86 bits per heavy atom. The fraction of sp³-hybridized carbons (Fsp3) is 0.421. The summed E-state index contributed by atoms with van der Waals surface area (Å²) in [6.07, 6.45) is -1.76. The molecule has 4 rings (SSSR count). The molecule has 1 aliphatic heterocycles. The van der Waals surface area contributed by atoms with Gasteiger partial charge in [0.15, 0.2) is 23.1 Å². The van der Waals surface area contributed by atoms with Crippen molar-refractivity contribution in [2.45, 2.75) is 31.5 Å². The number of nitrogens with one attached hydrogen (secondary N) is 1. The molecule has 0 atom stereocenters. The lowest BCUT2D eigenvalue weighted by Gasteiger charge is -2.34. The first-order chi connectivity index (χ1) is 16.3. The standard InChI is InChI=1S/C19H18ClF3N6O5S/c1-18(4-8-35(31,32)9-5-18)27-15(30)13-14(20)29-11(26-13)2-3-12(28-29)34-17-16(24-6-7-25-17)33-10-19(21,22)23/h2-3,6-7H,4-5,8-10H2,1H3,(H,27,30). The molecule has 3 aromatic heterocycles. The van der Waals surface area contributed by atoms with Gasteiger partial charge in [-0.1, -0.05) is 11.6 Å². The molecule has 0 aliphatic carbocycles. The summed E-state index contributed by atoms with van der Waals surface area (Å²) < 4.78 is 72.0. The number of carbonyl (C=O) groups excluding carboxylic acids is 1. The number of fused-ring (bicyclic) bond motifs is 1. The molecule has 0 aromatic carbocycles. The molecule has 11 nitrogen and oxygen atoms in total. The van der Waals surface area contributed by atoms with Crippen LogP contribution in [0, 0.1) is 0 Å². The summed E-state index contributed by atoms with van der Waals surface area (Å²) >= 11 is 6.31. The smallest absolute Gasteiger partial charge is 0.422 e. The van der Waals surface area contributed by atoms with Crippen molar-refractivity contribution in [2.75, 3.05) is 18.1 Å². The number of halogens is 4. The first kappa shape index (κ1) is 24.9. The Kier molecular flexibility index (Phi) is 6.48. The van der Waals surface area contributed by atoms with E-state index < -0.39 is 39.9 Å². The molecule has 4 heterocycles. The molecule has 1 N–H and O–H groups in total. The van der Waals surface area contributed by atoms with Crippen molar-refractivity contribution < 1.29 is 35.9 Å². The van der Waals surface area contributed by atoms with Crippen LogP contribution in [-0.2, 0) is 9.84 Å². The van der Waals surface area contributed by atoms with Crippen LogP contribution in [0.25, 0.3) is 5.65 Å². The molecule has 1 aliphatic rings. The molecule has 188 valence electrons. The van der Waals surface area contributed by atoms with Crippen LogP contribution in [0.3, 0.4) is 0 Å². The van der Waals surface area contributed by atoms with Crippen molar-refractivity contribution in [2.24, 2.45) is 0 Å². The second kappa shape index (κ2) is 9.11. The average Bonchev–Trinajstić information content (AvgIpc) is 3.11. The molecule has 0 unspecified atom stereocenters. The maximum atomic E-state index is 12.8. The Morgan fingerprint density at radius 1 is 1.20 bits per heavy atom. The van der Waals surface area contributed by atoms with Crippen LogP contribution < -0.4 is 14.8 Å². The number of hydrogen-bond acceptors (Lipinski definition) is 9. The van der Waals surface area contributed by atoms with Crippen molar-refractivity contribution >= 4 is 33.0 Å². The van der Waals surface area contributed by atoms with E-state index in [1.807, 2.05) is 0 Å². The number of hydrogen-bond donors (Lipinski definition) is 1. The average molecular weight is 535 g/mol. The zero-order valence-corrected chi connectivity index (χ0v) is 19.6.